The molecule has 5 N–H and O–H groups in total. The van der Waals surface area contributed by atoms with E-state index < -0.39 is 0 Å². The van der Waals surface area contributed by atoms with E-state index in [-0.39, 0.29) is 11.9 Å². The third kappa shape index (κ3) is 2.87. The van der Waals surface area contributed by atoms with E-state index in [0.717, 1.165) is 5.56 Å². The number of ether oxygens (including phenoxy) is 2. The molecule has 5 nitrogen and oxygen atoms in total. The fraction of sp³-hybridized carbons (Fsp3) is 0.364. The van der Waals surface area contributed by atoms with Crippen LogP contribution in [0.4, 0.5) is 0 Å². The molecule has 0 aliphatic rings. The van der Waals surface area contributed by atoms with Gasteiger partial charge in [-0.25, -0.2) is 0 Å². The SMILES string of the molecule is COc1ccc(OC)c(C(N)CC(=N)N)c1. The highest BCUT2D eigenvalue weighted by Crippen LogP contribution is 2.29. The molecule has 5 heteroatoms. The molecule has 0 saturated heterocycles. The van der Waals surface area contributed by atoms with E-state index in [4.69, 9.17) is 26.4 Å². The smallest absolute Gasteiger partial charge is 0.123 e. The minimum absolute atomic E-state index is 0.0531. The van der Waals surface area contributed by atoms with Crippen molar-refractivity contribution in [1.29, 1.82) is 5.41 Å². The normalized spacial score (nSPS) is 11.9. The van der Waals surface area contributed by atoms with Crippen LogP contribution >= 0.6 is 0 Å². The molecule has 0 aliphatic carbocycles. The molecule has 16 heavy (non-hydrogen) atoms. The summed E-state index contributed by atoms with van der Waals surface area (Å²) < 4.78 is 10.3. The number of amidine groups is 1. The molecular weight excluding hydrogens is 206 g/mol. The summed E-state index contributed by atoms with van der Waals surface area (Å²) in [5.41, 5.74) is 12.1. The third-order valence-corrected chi connectivity index (χ3v) is 2.28. The summed E-state index contributed by atoms with van der Waals surface area (Å²) in [6, 6.07) is 5.02. The number of hydrogen-bond donors (Lipinski definition) is 3. The quantitative estimate of drug-likeness (QED) is 0.513. The van der Waals surface area contributed by atoms with Crippen molar-refractivity contribution in [1.82, 2.24) is 0 Å². The number of methoxy groups -OCH3 is 2. The molecule has 0 heterocycles. The van der Waals surface area contributed by atoms with Crippen molar-refractivity contribution in [3.8, 4) is 11.5 Å². The summed E-state index contributed by atoms with van der Waals surface area (Å²) in [7, 11) is 3.16. The van der Waals surface area contributed by atoms with Gasteiger partial charge < -0.3 is 20.9 Å². The van der Waals surface area contributed by atoms with E-state index in [2.05, 4.69) is 0 Å². The maximum Gasteiger partial charge on any atom is 0.123 e. The summed E-state index contributed by atoms with van der Waals surface area (Å²) in [4.78, 5) is 0. The highest BCUT2D eigenvalue weighted by atomic mass is 16.5. The Balaban J connectivity index is 3.02. The fourth-order valence-corrected chi connectivity index (χ4v) is 1.48. The molecular formula is C11H17N3O2. The van der Waals surface area contributed by atoms with Gasteiger partial charge >= 0.3 is 0 Å². The van der Waals surface area contributed by atoms with E-state index in [9.17, 15) is 0 Å². The van der Waals surface area contributed by atoms with Crippen LogP contribution in [0.15, 0.2) is 18.2 Å². The second-order valence-electron chi connectivity index (χ2n) is 3.44. The molecule has 0 aromatic heterocycles. The van der Waals surface area contributed by atoms with Crippen LogP contribution in [0.1, 0.15) is 18.0 Å². The minimum atomic E-state index is -0.359. The van der Waals surface area contributed by atoms with Crippen molar-refractivity contribution in [2.24, 2.45) is 11.5 Å². The van der Waals surface area contributed by atoms with Gasteiger partial charge in [0.05, 0.1) is 20.1 Å². The van der Waals surface area contributed by atoms with Gasteiger partial charge in [0, 0.05) is 18.0 Å². The summed E-state index contributed by atoms with van der Waals surface area (Å²) in [6.07, 6.45) is 0.295. The van der Waals surface area contributed by atoms with E-state index in [0.29, 0.717) is 17.9 Å². The zero-order valence-electron chi connectivity index (χ0n) is 9.49. The molecule has 0 aliphatic heterocycles. The zero-order valence-corrected chi connectivity index (χ0v) is 9.49. The Morgan fingerprint density at radius 2 is 2.06 bits per heavy atom. The predicted molar refractivity (Wildman–Crippen MR) is 63.0 cm³/mol. The average molecular weight is 223 g/mol. The largest absolute Gasteiger partial charge is 0.497 e. The van der Waals surface area contributed by atoms with Gasteiger partial charge in [0.25, 0.3) is 0 Å². The summed E-state index contributed by atoms with van der Waals surface area (Å²) >= 11 is 0. The van der Waals surface area contributed by atoms with Crippen molar-refractivity contribution in [2.45, 2.75) is 12.5 Å². The standard InChI is InChI=1S/C11H17N3O2/c1-15-7-3-4-10(16-2)8(5-7)9(12)6-11(13)14/h3-5,9H,6,12H2,1-2H3,(H3,13,14). The maximum absolute atomic E-state index is 7.23. The molecule has 1 aromatic rings. The van der Waals surface area contributed by atoms with Crippen LogP contribution < -0.4 is 20.9 Å². The summed E-state index contributed by atoms with van der Waals surface area (Å²) in [6.45, 7) is 0. The summed E-state index contributed by atoms with van der Waals surface area (Å²) in [5.74, 6) is 1.43. The molecule has 88 valence electrons. The number of hydrogen-bond acceptors (Lipinski definition) is 4. The van der Waals surface area contributed by atoms with Crippen molar-refractivity contribution < 1.29 is 9.47 Å². The monoisotopic (exact) mass is 223 g/mol. The molecule has 0 spiro atoms. The average Bonchev–Trinajstić information content (AvgIpc) is 2.27. The first-order valence-electron chi connectivity index (χ1n) is 4.89. The van der Waals surface area contributed by atoms with Crippen LogP contribution in [-0.4, -0.2) is 20.1 Å². The van der Waals surface area contributed by atoms with Gasteiger partial charge in [-0.3, -0.25) is 5.41 Å². The zero-order chi connectivity index (χ0) is 12.1. The Hall–Kier alpha value is -1.75. The van der Waals surface area contributed by atoms with E-state index >= 15 is 0 Å². The van der Waals surface area contributed by atoms with E-state index in [1.54, 1.807) is 32.4 Å². The van der Waals surface area contributed by atoms with Crippen LogP contribution in [0.25, 0.3) is 0 Å². The molecule has 1 aromatic carbocycles. The fourth-order valence-electron chi connectivity index (χ4n) is 1.48. The predicted octanol–water partition coefficient (Wildman–Crippen LogP) is 1.03. The van der Waals surface area contributed by atoms with Crippen LogP contribution in [0.2, 0.25) is 0 Å². The van der Waals surface area contributed by atoms with Crippen molar-refractivity contribution in [2.75, 3.05) is 14.2 Å². The first kappa shape index (κ1) is 12.3. The first-order chi connectivity index (χ1) is 7.58. The van der Waals surface area contributed by atoms with Gasteiger partial charge in [0.2, 0.25) is 0 Å². The van der Waals surface area contributed by atoms with E-state index in [1.807, 2.05) is 0 Å². The molecule has 0 amide bonds. The number of nitrogens with one attached hydrogen (secondary N) is 1. The van der Waals surface area contributed by atoms with Gasteiger partial charge in [-0.1, -0.05) is 0 Å². The molecule has 0 fully saturated rings. The molecule has 1 atom stereocenters. The molecule has 1 rings (SSSR count). The second-order valence-corrected chi connectivity index (χ2v) is 3.44. The molecule has 0 saturated carbocycles. The maximum atomic E-state index is 7.23. The molecule has 0 radical (unpaired) electrons. The molecule has 0 bridgehead atoms. The highest BCUT2D eigenvalue weighted by molar-refractivity contribution is 5.77. The van der Waals surface area contributed by atoms with Crippen LogP contribution in [0.3, 0.4) is 0 Å². The van der Waals surface area contributed by atoms with Gasteiger partial charge in [-0.2, -0.15) is 0 Å². The van der Waals surface area contributed by atoms with Crippen LogP contribution in [0, 0.1) is 5.41 Å². The Morgan fingerprint density at radius 1 is 1.38 bits per heavy atom. The lowest BCUT2D eigenvalue weighted by Crippen LogP contribution is -2.20. The number of benzene rings is 1. The lowest BCUT2D eigenvalue weighted by Gasteiger charge is -2.16. The Morgan fingerprint density at radius 3 is 2.56 bits per heavy atom. The topological polar surface area (TPSA) is 94.4 Å². The first-order valence-corrected chi connectivity index (χ1v) is 4.89. The Bertz CT molecular complexity index is 379. The lowest BCUT2D eigenvalue weighted by atomic mass is 10.0. The van der Waals surface area contributed by atoms with Crippen molar-refractivity contribution in [3.05, 3.63) is 23.8 Å². The Kier molecular flexibility index (Phi) is 4.13. The number of nitrogens with two attached hydrogens (primary N) is 2. The molecule has 1 unspecified atom stereocenters. The summed E-state index contributed by atoms with van der Waals surface area (Å²) in [5, 5.41) is 7.23. The van der Waals surface area contributed by atoms with Crippen molar-refractivity contribution in [3.63, 3.8) is 0 Å². The van der Waals surface area contributed by atoms with Gasteiger partial charge in [0.15, 0.2) is 0 Å². The second kappa shape index (κ2) is 5.37. The van der Waals surface area contributed by atoms with Crippen LogP contribution in [0.5, 0.6) is 11.5 Å². The third-order valence-electron chi connectivity index (χ3n) is 2.28. The minimum Gasteiger partial charge on any atom is -0.497 e. The number of rotatable bonds is 5. The van der Waals surface area contributed by atoms with Gasteiger partial charge in [0.1, 0.15) is 11.5 Å². The lowest BCUT2D eigenvalue weighted by molar-refractivity contribution is 0.395. The van der Waals surface area contributed by atoms with Crippen LogP contribution in [-0.2, 0) is 0 Å². The van der Waals surface area contributed by atoms with Gasteiger partial charge in [-0.15, -0.1) is 0 Å². The highest BCUT2D eigenvalue weighted by Gasteiger charge is 2.14. The van der Waals surface area contributed by atoms with Crippen molar-refractivity contribution >= 4 is 5.84 Å². The van der Waals surface area contributed by atoms with Gasteiger partial charge in [-0.05, 0) is 18.2 Å². The van der Waals surface area contributed by atoms with E-state index in [1.165, 1.54) is 0 Å². The Labute approximate surface area is 94.8 Å².